The summed E-state index contributed by atoms with van der Waals surface area (Å²) in [5.74, 6) is 0. The van der Waals surface area contributed by atoms with E-state index in [0.29, 0.717) is 16.5 Å². The fourth-order valence-corrected chi connectivity index (χ4v) is 3.98. The molecule has 0 N–H and O–H groups in total. The number of hydrogen-bond acceptors (Lipinski definition) is 5. The van der Waals surface area contributed by atoms with Gasteiger partial charge in [0.05, 0.1) is 19.6 Å². The summed E-state index contributed by atoms with van der Waals surface area (Å²) in [7, 11) is 0. The first-order valence-electron chi connectivity index (χ1n) is 9.69. The van der Waals surface area contributed by atoms with Crippen molar-refractivity contribution in [3.63, 3.8) is 0 Å². The maximum atomic E-state index is 12.9. The van der Waals surface area contributed by atoms with Gasteiger partial charge in [0.15, 0.2) is 0 Å². The fraction of sp³-hybridized carbons (Fsp3) is 0.273. The predicted octanol–water partition coefficient (Wildman–Crippen LogP) is 1.19. The molecule has 2 heterocycles. The van der Waals surface area contributed by atoms with Crippen molar-refractivity contribution in [2.45, 2.75) is 38.9 Å². The first-order chi connectivity index (χ1) is 14.4. The predicted molar refractivity (Wildman–Crippen MR) is 113 cm³/mol. The Morgan fingerprint density at radius 1 is 0.833 bits per heavy atom. The van der Waals surface area contributed by atoms with Gasteiger partial charge in [-0.05, 0) is 48.1 Å². The van der Waals surface area contributed by atoms with Crippen LogP contribution in [0.1, 0.15) is 23.1 Å². The lowest BCUT2D eigenvalue weighted by Gasteiger charge is -2.13. The van der Waals surface area contributed by atoms with Crippen LogP contribution in [0.3, 0.4) is 0 Å². The first-order valence-corrected chi connectivity index (χ1v) is 9.69. The monoisotopic (exact) mass is 407 g/mol. The summed E-state index contributed by atoms with van der Waals surface area (Å²) in [4.78, 5) is 50.5. The summed E-state index contributed by atoms with van der Waals surface area (Å²) >= 11 is 0. The molecule has 0 atom stereocenters. The third kappa shape index (κ3) is 3.20. The van der Waals surface area contributed by atoms with Crippen molar-refractivity contribution in [2.24, 2.45) is 0 Å². The van der Waals surface area contributed by atoms with E-state index >= 15 is 0 Å². The zero-order valence-electron chi connectivity index (χ0n) is 16.4. The van der Waals surface area contributed by atoms with E-state index in [1.165, 1.54) is 23.8 Å². The third-order valence-corrected chi connectivity index (χ3v) is 5.38. The van der Waals surface area contributed by atoms with Crippen LogP contribution in [0.25, 0.3) is 11.0 Å². The highest BCUT2D eigenvalue weighted by Gasteiger charge is 2.18. The molecule has 0 saturated heterocycles. The molecular formula is C22H21N3O5. The van der Waals surface area contributed by atoms with Crippen LogP contribution in [-0.2, 0) is 32.5 Å². The Balaban J connectivity index is 1.96. The molecule has 4 rings (SSSR count). The van der Waals surface area contributed by atoms with Crippen molar-refractivity contribution < 1.29 is 4.42 Å². The smallest absolute Gasteiger partial charge is 0.336 e. The Bertz CT molecular complexity index is 1370. The third-order valence-electron chi connectivity index (χ3n) is 5.38. The van der Waals surface area contributed by atoms with Crippen LogP contribution in [0.5, 0.6) is 0 Å². The normalized spacial score (nSPS) is 12.8. The van der Waals surface area contributed by atoms with E-state index in [-0.39, 0.29) is 19.6 Å². The summed E-state index contributed by atoms with van der Waals surface area (Å²) in [6, 6.07) is 5.11. The van der Waals surface area contributed by atoms with E-state index in [9.17, 15) is 19.2 Å². The highest BCUT2D eigenvalue weighted by Crippen LogP contribution is 2.28. The van der Waals surface area contributed by atoms with Crippen LogP contribution in [0, 0.1) is 0 Å². The number of aromatic nitrogens is 3. The average Bonchev–Trinajstić information content (AvgIpc) is 3.17. The topological polar surface area (TPSA) is 96.2 Å². The van der Waals surface area contributed by atoms with Gasteiger partial charge in [-0.3, -0.25) is 0 Å². The highest BCUT2D eigenvalue weighted by molar-refractivity contribution is 5.82. The number of benzene rings is 1. The second kappa shape index (κ2) is 7.62. The van der Waals surface area contributed by atoms with Crippen LogP contribution in [-0.4, -0.2) is 13.7 Å². The van der Waals surface area contributed by atoms with Gasteiger partial charge in [-0.2, -0.15) is 0 Å². The minimum Gasteiger partial charge on any atom is -0.423 e. The van der Waals surface area contributed by atoms with Crippen molar-refractivity contribution in [1.29, 1.82) is 0 Å². The Hall–Kier alpha value is -3.68. The standard InChI is InChI=1S/C22H21N3O5/c1-3-8-23-20(27)24(9-4-2)22(29)25(21(23)28)13-16-12-19(26)30-18-11-15-7-5-6-14(15)10-17(16)18/h3-4,10-12H,1-2,5-9,13H2. The van der Waals surface area contributed by atoms with E-state index in [4.69, 9.17) is 4.42 Å². The lowest BCUT2D eigenvalue weighted by Crippen LogP contribution is -2.54. The molecule has 0 bridgehead atoms. The van der Waals surface area contributed by atoms with Crippen LogP contribution in [0.4, 0.5) is 0 Å². The Labute approximate surface area is 170 Å². The highest BCUT2D eigenvalue weighted by atomic mass is 16.4. The largest absolute Gasteiger partial charge is 0.423 e. The Kier molecular flexibility index (Phi) is 4.99. The van der Waals surface area contributed by atoms with Gasteiger partial charge in [0.2, 0.25) is 0 Å². The van der Waals surface area contributed by atoms with Gasteiger partial charge in [0.25, 0.3) is 0 Å². The quantitative estimate of drug-likeness (QED) is 0.452. The molecular weight excluding hydrogens is 386 g/mol. The number of allylic oxidation sites excluding steroid dienone is 2. The lowest BCUT2D eigenvalue weighted by atomic mass is 10.0. The van der Waals surface area contributed by atoms with Crippen LogP contribution >= 0.6 is 0 Å². The summed E-state index contributed by atoms with van der Waals surface area (Å²) < 4.78 is 8.18. The zero-order valence-corrected chi connectivity index (χ0v) is 16.4. The summed E-state index contributed by atoms with van der Waals surface area (Å²) in [5, 5.41) is 0.679. The van der Waals surface area contributed by atoms with E-state index in [2.05, 4.69) is 13.2 Å². The molecule has 0 spiro atoms. The van der Waals surface area contributed by atoms with Crippen molar-refractivity contribution >= 4 is 11.0 Å². The zero-order chi connectivity index (χ0) is 21.4. The van der Waals surface area contributed by atoms with Gasteiger partial charge in [-0.15, -0.1) is 13.2 Å². The summed E-state index contributed by atoms with van der Waals surface area (Å²) in [5.41, 5.74) is 0.436. The van der Waals surface area contributed by atoms with Gasteiger partial charge < -0.3 is 4.42 Å². The number of hydrogen-bond donors (Lipinski definition) is 0. The summed E-state index contributed by atoms with van der Waals surface area (Å²) in [6.45, 7) is 6.89. The van der Waals surface area contributed by atoms with Crippen molar-refractivity contribution in [2.75, 3.05) is 0 Å². The van der Waals surface area contributed by atoms with Gasteiger partial charge in [-0.1, -0.05) is 12.2 Å². The molecule has 0 saturated carbocycles. The molecule has 0 fully saturated rings. The first kappa shape index (κ1) is 19.6. The second-order valence-electron chi connectivity index (χ2n) is 7.29. The molecule has 0 radical (unpaired) electrons. The Morgan fingerprint density at radius 2 is 1.40 bits per heavy atom. The van der Waals surface area contributed by atoms with Crippen molar-refractivity contribution in [3.05, 3.63) is 102 Å². The molecule has 8 nitrogen and oxygen atoms in total. The van der Waals surface area contributed by atoms with Crippen LogP contribution < -0.4 is 22.7 Å². The SMILES string of the molecule is C=CCn1c(=O)n(CC=C)c(=O)n(Cc2cc(=O)oc3cc4c(cc23)CCC4)c1=O. The molecule has 8 heteroatoms. The molecule has 2 aromatic heterocycles. The minimum absolute atomic E-state index is 0.0414. The number of nitrogens with zero attached hydrogens (tertiary/aromatic N) is 3. The van der Waals surface area contributed by atoms with Gasteiger partial charge in [-0.25, -0.2) is 32.9 Å². The molecule has 1 aliphatic rings. The fourth-order valence-electron chi connectivity index (χ4n) is 3.98. The minimum atomic E-state index is -0.757. The maximum absolute atomic E-state index is 12.9. The molecule has 0 amide bonds. The molecule has 0 aliphatic heterocycles. The molecule has 154 valence electrons. The number of fused-ring (bicyclic) bond motifs is 2. The Morgan fingerprint density at radius 3 is 2.00 bits per heavy atom. The summed E-state index contributed by atoms with van der Waals surface area (Å²) in [6.07, 6.45) is 5.71. The molecule has 0 unspecified atom stereocenters. The van der Waals surface area contributed by atoms with Gasteiger partial charge >= 0.3 is 22.7 Å². The average molecular weight is 407 g/mol. The molecule has 3 aromatic rings. The molecule has 30 heavy (non-hydrogen) atoms. The van der Waals surface area contributed by atoms with Crippen LogP contribution in [0.2, 0.25) is 0 Å². The maximum Gasteiger partial charge on any atom is 0.336 e. The molecule has 1 aliphatic carbocycles. The number of aryl methyl sites for hydroxylation is 2. The number of rotatable bonds is 6. The van der Waals surface area contributed by atoms with Gasteiger partial charge in [0.1, 0.15) is 5.58 Å². The second-order valence-corrected chi connectivity index (χ2v) is 7.29. The molecule has 1 aromatic carbocycles. The van der Waals surface area contributed by atoms with Gasteiger partial charge in [0, 0.05) is 11.5 Å². The lowest BCUT2D eigenvalue weighted by molar-refractivity contribution is 0.497. The van der Waals surface area contributed by atoms with Crippen molar-refractivity contribution in [3.8, 4) is 0 Å². The van der Waals surface area contributed by atoms with Crippen LogP contribution in [0.15, 0.2) is 67.1 Å². The van der Waals surface area contributed by atoms with E-state index in [0.717, 1.165) is 38.5 Å². The van der Waals surface area contributed by atoms with E-state index in [1.807, 2.05) is 12.1 Å². The van der Waals surface area contributed by atoms with Crippen molar-refractivity contribution in [1.82, 2.24) is 13.7 Å². The van der Waals surface area contributed by atoms with E-state index in [1.54, 1.807) is 0 Å². The van der Waals surface area contributed by atoms with E-state index < -0.39 is 22.7 Å².